The second-order valence-corrected chi connectivity index (χ2v) is 2.63. The standard InChI is InChI=1S/C6H5ClN2O2/c7-6-8-4-2-11-1-3(4)5(10)9-6/h1-2H2,(H,8,9,10). The number of nitrogens with zero attached hydrogens (tertiary/aromatic N) is 1. The van der Waals surface area contributed by atoms with Gasteiger partial charge in [-0.1, -0.05) is 0 Å². The lowest BCUT2D eigenvalue weighted by Gasteiger charge is -1.93. The van der Waals surface area contributed by atoms with Crippen LogP contribution in [0.15, 0.2) is 4.79 Å². The van der Waals surface area contributed by atoms with Crippen LogP contribution in [0.2, 0.25) is 5.28 Å². The fourth-order valence-corrected chi connectivity index (χ4v) is 1.22. The molecule has 5 heteroatoms. The van der Waals surface area contributed by atoms with Crippen LogP contribution in [0.25, 0.3) is 0 Å². The molecule has 0 spiro atoms. The zero-order chi connectivity index (χ0) is 7.84. The van der Waals surface area contributed by atoms with Crippen LogP contribution in [-0.4, -0.2) is 9.97 Å². The topological polar surface area (TPSA) is 55.0 Å². The number of rotatable bonds is 0. The zero-order valence-electron chi connectivity index (χ0n) is 5.56. The molecule has 2 heterocycles. The van der Waals surface area contributed by atoms with Crippen molar-refractivity contribution in [1.82, 2.24) is 9.97 Å². The number of halogens is 1. The van der Waals surface area contributed by atoms with Crippen LogP contribution < -0.4 is 5.56 Å². The number of ether oxygens (including phenoxy) is 1. The highest BCUT2D eigenvalue weighted by atomic mass is 35.5. The maximum atomic E-state index is 11.1. The predicted molar refractivity (Wildman–Crippen MR) is 38.4 cm³/mol. The van der Waals surface area contributed by atoms with Crippen LogP contribution >= 0.6 is 11.6 Å². The molecule has 0 amide bonds. The van der Waals surface area contributed by atoms with Crippen molar-refractivity contribution in [2.75, 3.05) is 0 Å². The second kappa shape index (κ2) is 2.32. The van der Waals surface area contributed by atoms with E-state index in [1.54, 1.807) is 0 Å². The monoisotopic (exact) mass is 172 g/mol. The molecule has 0 aliphatic carbocycles. The summed E-state index contributed by atoms with van der Waals surface area (Å²) in [6, 6.07) is 0. The lowest BCUT2D eigenvalue weighted by molar-refractivity contribution is 0.133. The number of hydrogen-bond donors (Lipinski definition) is 1. The Morgan fingerprint density at radius 2 is 2.36 bits per heavy atom. The molecule has 58 valence electrons. The summed E-state index contributed by atoms with van der Waals surface area (Å²) in [7, 11) is 0. The molecule has 1 aliphatic rings. The van der Waals surface area contributed by atoms with Gasteiger partial charge < -0.3 is 4.74 Å². The Morgan fingerprint density at radius 3 is 3.18 bits per heavy atom. The third-order valence-corrected chi connectivity index (χ3v) is 1.74. The predicted octanol–water partition coefficient (Wildman–Crippen LogP) is 0.454. The van der Waals surface area contributed by atoms with Crippen molar-refractivity contribution < 1.29 is 4.74 Å². The molecule has 1 aromatic heterocycles. The first-order valence-corrected chi connectivity index (χ1v) is 3.50. The fourth-order valence-electron chi connectivity index (χ4n) is 1.03. The number of hydrogen-bond acceptors (Lipinski definition) is 3. The van der Waals surface area contributed by atoms with Crippen molar-refractivity contribution in [3.05, 3.63) is 26.9 Å². The molecule has 0 fully saturated rings. The highest BCUT2D eigenvalue weighted by Crippen LogP contribution is 2.13. The molecule has 0 radical (unpaired) electrons. The molecule has 1 aliphatic heterocycles. The van der Waals surface area contributed by atoms with E-state index >= 15 is 0 Å². The van der Waals surface area contributed by atoms with Crippen molar-refractivity contribution in [3.8, 4) is 0 Å². The van der Waals surface area contributed by atoms with Gasteiger partial charge in [-0.25, -0.2) is 4.98 Å². The van der Waals surface area contributed by atoms with Crippen LogP contribution in [0.4, 0.5) is 0 Å². The van der Waals surface area contributed by atoms with Gasteiger partial charge in [0.1, 0.15) is 0 Å². The Kier molecular flexibility index (Phi) is 1.44. The smallest absolute Gasteiger partial charge is 0.257 e. The van der Waals surface area contributed by atoms with E-state index in [4.69, 9.17) is 16.3 Å². The van der Waals surface area contributed by atoms with Gasteiger partial charge in [0.2, 0.25) is 5.28 Å². The van der Waals surface area contributed by atoms with Gasteiger partial charge in [-0.05, 0) is 11.6 Å². The van der Waals surface area contributed by atoms with E-state index in [-0.39, 0.29) is 10.8 Å². The van der Waals surface area contributed by atoms with E-state index in [2.05, 4.69) is 9.97 Å². The van der Waals surface area contributed by atoms with Gasteiger partial charge in [0, 0.05) is 0 Å². The molecule has 0 saturated heterocycles. The molecule has 4 nitrogen and oxygen atoms in total. The molecule has 0 aromatic carbocycles. The molecule has 1 aromatic rings. The Bertz CT molecular complexity index is 347. The Labute approximate surface area is 67.2 Å². The number of aromatic amines is 1. The molecule has 11 heavy (non-hydrogen) atoms. The quantitative estimate of drug-likeness (QED) is 0.579. The minimum absolute atomic E-state index is 0.124. The van der Waals surface area contributed by atoms with Crippen molar-refractivity contribution in [3.63, 3.8) is 0 Å². The maximum absolute atomic E-state index is 11.1. The zero-order valence-corrected chi connectivity index (χ0v) is 6.31. The van der Waals surface area contributed by atoms with Crippen LogP contribution in [0, 0.1) is 0 Å². The van der Waals surface area contributed by atoms with Gasteiger partial charge >= 0.3 is 0 Å². The SMILES string of the molecule is O=c1[nH]c(Cl)nc2c1COC2. The fraction of sp³-hybridized carbons (Fsp3) is 0.333. The van der Waals surface area contributed by atoms with Crippen LogP contribution in [-0.2, 0) is 18.0 Å². The van der Waals surface area contributed by atoms with Crippen molar-refractivity contribution >= 4 is 11.6 Å². The number of nitrogens with one attached hydrogen (secondary N) is 1. The number of aromatic nitrogens is 2. The average molecular weight is 173 g/mol. The molecular formula is C6H5ClN2O2. The van der Waals surface area contributed by atoms with E-state index in [1.165, 1.54) is 0 Å². The summed E-state index contributed by atoms with van der Waals surface area (Å²) in [5.41, 5.74) is 1.05. The summed E-state index contributed by atoms with van der Waals surface area (Å²) in [4.78, 5) is 17.4. The van der Waals surface area contributed by atoms with Crippen LogP contribution in [0.5, 0.6) is 0 Å². The largest absolute Gasteiger partial charge is 0.370 e. The third kappa shape index (κ3) is 1.04. The van der Waals surface area contributed by atoms with Crippen molar-refractivity contribution in [2.45, 2.75) is 13.2 Å². The maximum Gasteiger partial charge on any atom is 0.257 e. The van der Waals surface area contributed by atoms with Gasteiger partial charge in [-0.2, -0.15) is 0 Å². The second-order valence-electron chi connectivity index (χ2n) is 2.27. The molecule has 0 saturated carbocycles. The minimum atomic E-state index is -0.197. The summed E-state index contributed by atoms with van der Waals surface area (Å²) < 4.78 is 5.01. The lowest BCUT2D eigenvalue weighted by Crippen LogP contribution is -2.13. The molecule has 2 rings (SSSR count). The van der Waals surface area contributed by atoms with Crippen molar-refractivity contribution in [2.24, 2.45) is 0 Å². The first-order valence-electron chi connectivity index (χ1n) is 3.12. The molecule has 0 atom stereocenters. The van der Waals surface area contributed by atoms with Crippen molar-refractivity contribution in [1.29, 1.82) is 0 Å². The minimum Gasteiger partial charge on any atom is -0.370 e. The van der Waals surface area contributed by atoms with E-state index in [9.17, 15) is 4.79 Å². The van der Waals surface area contributed by atoms with Gasteiger partial charge in [0.15, 0.2) is 0 Å². The highest BCUT2D eigenvalue weighted by molar-refractivity contribution is 6.28. The van der Waals surface area contributed by atoms with Gasteiger partial charge in [-0.3, -0.25) is 9.78 Å². The van der Waals surface area contributed by atoms with Gasteiger partial charge in [0.25, 0.3) is 5.56 Å². The summed E-state index contributed by atoms with van der Waals surface area (Å²) in [6.07, 6.45) is 0. The number of H-pyrrole nitrogens is 1. The normalized spacial score (nSPS) is 15.0. The lowest BCUT2D eigenvalue weighted by atomic mass is 10.3. The van der Waals surface area contributed by atoms with Gasteiger partial charge in [0.05, 0.1) is 24.5 Å². The summed E-state index contributed by atoms with van der Waals surface area (Å²) >= 11 is 5.51. The Balaban J connectivity index is 2.70. The van der Waals surface area contributed by atoms with E-state index in [1.807, 2.05) is 0 Å². The van der Waals surface area contributed by atoms with E-state index in [0.717, 1.165) is 0 Å². The number of fused-ring (bicyclic) bond motifs is 1. The molecule has 1 N–H and O–H groups in total. The summed E-state index contributed by atoms with van der Waals surface area (Å²) in [5.74, 6) is 0. The average Bonchev–Trinajstić information content (AvgIpc) is 2.34. The Morgan fingerprint density at radius 1 is 1.55 bits per heavy atom. The highest BCUT2D eigenvalue weighted by Gasteiger charge is 2.16. The molecular weight excluding hydrogens is 168 g/mol. The third-order valence-electron chi connectivity index (χ3n) is 1.56. The van der Waals surface area contributed by atoms with Crippen LogP contribution in [0.3, 0.4) is 0 Å². The molecule has 0 bridgehead atoms. The van der Waals surface area contributed by atoms with E-state index < -0.39 is 0 Å². The Hall–Kier alpha value is -0.870. The van der Waals surface area contributed by atoms with Crippen LogP contribution in [0.1, 0.15) is 11.3 Å². The first-order chi connectivity index (χ1) is 5.27. The molecule has 0 unspecified atom stereocenters. The van der Waals surface area contributed by atoms with Gasteiger partial charge in [-0.15, -0.1) is 0 Å². The summed E-state index contributed by atoms with van der Waals surface area (Å²) in [5, 5.41) is 0.124. The summed E-state index contributed by atoms with van der Waals surface area (Å²) in [6.45, 7) is 0.730. The first kappa shape index (κ1) is 6.82. The van der Waals surface area contributed by atoms with E-state index in [0.29, 0.717) is 24.5 Å².